The Morgan fingerprint density at radius 2 is 2.12 bits per heavy atom. The SMILES string of the molecule is C/C(=C/[N+](=O)[O-])NCCCC1CCCCC1. The quantitative estimate of drug-likeness (QED) is 0.430. The van der Waals surface area contributed by atoms with Crippen LogP contribution in [0.25, 0.3) is 0 Å². The van der Waals surface area contributed by atoms with Crippen molar-refractivity contribution >= 4 is 0 Å². The molecule has 1 aliphatic carbocycles. The Balaban J connectivity index is 2.04. The first-order valence-corrected chi connectivity index (χ1v) is 6.24. The van der Waals surface area contributed by atoms with Gasteiger partial charge in [-0.2, -0.15) is 0 Å². The highest BCUT2D eigenvalue weighted by Crippen LogP contribution is 2.26. The summed E-state index contributed by atoms with van der Waals surface area (Å²) in [6, 6.07) is 0. The van der Waals surface area contributed by atoms with Crippen LogP contribution in [0, 0.1) is 16.0 Å². The number of nitrogens with zero attached hydrogens (tertiary/aromatic N) is 1. The lowest BCUT2D eigenvalue weighted by atomic mass is 9.86. The number of nitro groups is 1. The molecular formula is C12H22N2O2. The van der Waals surface area contributed by atoms with E-state index >= 15 is 0 Å². The summed E-state index contributed by atoms with van der Waals surface area (Å²) in [5.41, 5.74) is 0.647. The van der Waals surface area contributed by atoms with E-state index in [0.717, 1.165) is 25.1 Å². The minimum atomic E-state index is -0.413. The summed E-state index contributed by atoms with van der Waals surface area (Å²) in [6.07, 6.45) is 10.3. The zero-order chi connectivity index (χ0) is 11.8. The Hall–Kier alpha value is -1.06. The van der Waals surface area contributed by atoms with E-state index in [1.807, 2.05) is 0 Å². The molecule has 1 N–H and O–H groups in total. The van der Waals surface area contributed by atoms with Gasteiger partial charge in [0.2, 0.25) is 0 Å². The number of rotatable bonds is 6. The molecule has 4 heteroatoms. The molecule has 0 saturated heterocycles. The topological polar surface area (TPSA) is 55.2 Å². The molecule has 0 unspecified atom stereocenters. The zero-order valence-electron chi connectivity index (χ0n) is 10.1. The molecule has 0 aromatic carbocycles. The minimum absolute atomic E-state index is 0.413. The van der Waals surface area contributed by atoms with Crippen LogP contribution < -0.4 is 5.32 Å². The first-order valence-electron chi connectivity index (χ1n) is 6.24. The lowest BCUT2D eigenvalue weighted by molar-refractivity contribution is -0.403. The number of nitrogens with one attached hydrogen (secondary N) is 1. The lowest BCUT2D eigenvalue weighted by Gasteiger charge is -2.21. The average molecular weight is 226 g/mol. The van der Waals surface area contributed by atoms with E-state index in [9.17, 15) is 10.1 Å². The summed E-state index contributed by atoms with van der Waals surface area (Å²) in [7, 11) is 0. The molecule has 0 aromatic rings. The van der Waals surface area contributed by atoms with Crippen LogP contribution in [0.1, 0.15) is 51.9 Å². The van der Waals surface area contributed by atoms with Crippen molar-refractivity contribution in [3.05, 3.63) is 22.0 Å². The zero-order valence-corrected chi connectivity index (χ0v) is 10.1. The Kier molecular flexibility index (Phi) is 5.90. The van der Waals surface area contributed by atoms with Gasteiger partial charge in [-0.05, 0) is 25.7 Å². The number of hydrogen-bond acceptors (Lipinski definition) is 3. The molecule has 1 fully saturated rings. The summed E-state index contributed by atoms with van der Waals surface area (Å²) in [6.45, 7) is 2.59. The normalized spacial score (nSPS) is 18.4. The molecule has 0 aliphatic heterocycles. The molecule has 0 spiro atoms. The summed E-state index contributed by atoms with van der Waals surface area (Å²) in [5.74, 6) is 0.898. The standard InChI is InChI=1S/C12H22N2O2/c1-11(10-14(15)16)13-9-5-8-12-6-3-2-4-7-12/h10,12-13H,2-9H2,1H3/b11-10-. The Morgan fingerprint density at radius 1 is 1.44 bits per heavy atom. The van der Waals surface area contributed by atoms with Crippen molar-refractivity contribution in [1.29, 1.82) is 0 Å². The van der Waals surface area contributed by atoms with E-state index in [2.05, 4.69) is 5.32 Å². The highest BCUT2D eigenvalue weighted by molar-refractivity contribution is 4.88. The van der Waals surface area contributed by atoms with Crippen molar-refractivity contribution in [2.24, 2.45) is 5.92 Å². The highest BCUT2D eigenvalue weighted by atomic mass is 16.6. The van der Waals surface area contributed by atoms with Gasteiger partial charge in [0.1, 0.15) is 0 Å². The molecule has 1 aliphatic rings. The van der Waals surface area contributed by atoms with Crippen LogP contribution in [-0.4, -0.2) is 11.5 Å². The predicted octanol–water partition coefficient (Wildman–Crippen LogP) is 3.07. The first-order chi connectivity index (χ1) is 7.68. The average Bonchev–Trinajstić information content (AvgIpc) is 2.25. The van der Waals surface area contributed by atoms with Gasteiger partial charge in [-0.1, -0.05) is 32.1 Å². The molecule has 0 bridgehead atoms. The van der Waals surface area contributed by atoms with Gasteiger partial charge in [0.05, 0.1) is 10.6 Å². The minimum Gasteiger partial charge on any atom is -0.384 e. The maximum atomic E-state index is 10.2. The third kappa shape index (κ3) is 5.73. The van der Waals surface area contributed by atoms with Gasteiger partial charge in [0.25, 0.3) is 6.20 Å². The molecule has 1 rings (SSSR count). The van der Waals surface area contributed by atoms with Gasteiger partial charge in [0.15, 0.2) is 0 Å². The van der Waals surface area contributed by atoms with Gasteiger partial charge in [-0.25, -0.2) is 0 Å². The Bertz CT molecular complexity index is 245. The molecular weight excluding hydrogens is 204 g/mol. The van der Waals surface area contributed by atoms with Gasteiger partial charge < -0.3 is 5.32 Å². The molecule has 0 heterocycles. The van der Waals surface area contributed by atoms with Crippen molar-refractivity contribution in [1.82, 2.24) is 5.32 Å². The van der Waals surface area contributed by atoms with Crippen LogP contribution in [-0.2, 0) is 0 Å². The molecule has 1 saturated carbocycles. The summed E-state index contributed by atoms with van der Waals surface area (Å²) in [5, 5.41) is 13.3. The second-order valence-corrected chi connectivity index (χ2v) is 4.67. The fourth-order valence-corrected chi connectivity index (χ4v) is 2.36. The van der Waals surface area contributed by atoms with Gasteiger partial charge in [-0.3, -0.25) is 10.1 Å². The van der Waals surface area contributed by atoms with Crippen LogP contribution in [0.3, 0.4) is 0 Å². The Labute approximate surface area is 97.3 Å². The van der Waals surface area contributed by atoms with Crippen LogP contribution >= 0.6 is 0 Å². The van der Waals surface area contributed by atoms with E-state index in [1.54, 1.807) is 6.92 Å². The molecule has 4 nitrogen and oxygen atoms in total. The summed E-state index contributed by atoms with van der Waals surface area (Å²) < 4.78 is 0. The first kappa shape index (κ1) is 13.0. The lowest BCUT2D eigenvalue weighted by Crippen LogP contribution is -2.15. The maximum absolute atomic E-state index is 10.2. The van der Waals surface area contributed by atoms with E-state index in [1.165, 1.54) is 38.5 Å². The van der Waals surface area contributed by atoms with Crippen LogP contribution in [0.2, 0.25) is 0 Å². The molecule has 0 aromatic heterocycles. The van der Waals surface area contributed by atoms with E-state index in [0.29, 0.717) is 5.70 Å². The van der Waals surface area contributed by atoms with Gasteiger partial charge >= 0.3 is 0 Å². The van der Waals surface area contributed by atoms with Crippen molar-refractivity contribution in [2.45, 2.75) is 51.9 Å². The smallest absolute Gasteiger partial charge is 0.252 e. The van der Waals surface area contributed by atoms with E-state index < -0.39 is 4.92 Å². The predicted molar refractivity (Wildman–Crippen MR) is 64.6 cm³/mol. The fraction of sp³-hybridized carbons (Fsp3) is 0.833. The summed E-state index contributed by atoms with van der Waals surface area (Å²) in [4.78, 5) is 9.77. The maximum Gasteiger partial charge on any atom is 0.252 e. The Morgan fingerprint density at radius 3 is 2.75 bits per heavy atom. The van der Waals surface area contributed by atoms with Crippen molar-refractivity contribution in [3.8, 4) is 0 Å². The van der Waals surface area contributed by atoms with Crippen LogP contribution in [0.15, 0.2) is 11.9 Å². The van der Waals surface area contributed by atoms with E-state index in [-0.39, 0.29) is 0 Å². The third-order valence-corrected chi connectivity index (χ3v) is 3.22. The van der Waals surface area contributed by atoms with Crippen molar-refractivity contribution in [2.75, 3.05) is 6.54 Å². The second-order valence-electron chi connectivity index (χ2n) is 4.67. The van der Waals surface area contributed by atoms with E-state index in [4.69, 9.17) is 0 Å². The van der Waals surface area contributed by atoms with Gasteiger partial charge in [0, 0.05) is 6.54 Å². The molecule has 0 amide bonds. The highest BCUT2D eigenvalue weighted by Gasteiger charge is 2.12. The number of hydrogen-bond donors (Lipinski definition) is 1. The molecule has 0 radical (unpaired) electrons. The third-order valence-electron chi connectivity index (χ3n) is 3.22. The fourth-order valence-electron chi connectivity index (χ4n) is 2.36. The second kappa shape index (κ2) is 7.25. The van der Waals surface area contributed by atoms with Crippen molar-refractivity contribution < 1.29 is 4.92 Å². The van der Waals surface area contributed by atoms with Gasteiger partial charge in [-0.15, -0.1) is 0 Å². The largest absolute Gasteiger partial charge is 0.384 e. The monoisotopic (exact) mass is 226 g/mol. The van der Waals surface area contributed by atoms with Crippen molar-refractivity contribution in [3.63, 3.8) is 0 Å². The number of allylic oxidation sites excluding steroid dienone is 1. The summed E-state index contributed by atoms with van der Waals surface area (Å²) >= 11 is 0. The molecule has 16 heavy (non-hydrogen) atoms. The van der Waals surface area contributed by atoms with Crippen LogP contribution in [0.5, 0.6) is 0 Å². The molecule has 92 valence electrons. The van der Waals surface area contributed by atoms with Crippen LogP contribution in [0.4, 0.5) is 0 Å². The molecule has 0 atom stereocenters.